The van der Waals surface area contributed by atoms with Gasteiger partial charge in [-0.05, 0) is 47.8 Å². The van der Waals surface area contributed by atoms with Gasteiger partial charge in [0.25, 0.3) is 11.8 Å². The fourth-order valence-electron chi connectivity index (χ4n) is 2.26. The first-order valence-electron chi connectivity index (χ1n) is 8.20. The molecule has 3 aromatic rings. The van der Waals surface area contributed by atoms with Crippen LogP contribution >= 0.6 is 11.3 Å². The normalized spacial score (nSPS) is 10.1. The first-order valence-corrected chi connectivity index (χ1v) is 9.08. The molecule has 0 bridgehead atoms. The number of carbonyl (C=O) groups is 3. The molecule has 0 spiro atoms. The van der Waals surface area contributed by atoms with Crippen molar-refractivity contribution in [3.8, 4) is 11.5 Å². The zero-order chi connectivity index (χ0) is 19.9. The zero-order valence-corrected chi connectivity index (χ0v) is 15.4. The highest BCUT2D eigenvalue weighted by atomic mass is 32.1. The molecule has 142 valence electrons. The molecule has 1 aromatic heterocycles. The van der Waals surface area contributed by atoms with Gasteiger partial charge in [-0.25, -0.2) is 4.79 Å². The topological polar surface area (TPSA) is 108 Å². The van der Waals surface area contributed by atoms with Gasteiger partial charge in [-0.2, -0.15) is 0 Å². The van der Waals surface area contributed by atoms with Crippen LogP contribution in [0, 0.1) is 0 Å². The van der Waals surface area contributed by atoms with Gasteiger partial charge in [-0.3, -0.25) is 9.59 Å². The number of carbonyl (C=O) groups excluding carboxylic acids is 3. The van der Waals surface area contributed by atoms with Crippen LogP contribution in [0.15, 0.2) is 66.0 Å². The van der Waals surface area contributed by atoms with Crippen molar-refractivity contribution in [3.63, 3.8) is 0 Å². The highest BCUT2D eigenvalue weighted by Crippen LogP contribution is 2.23. The van der Waals surface area contributed by atoms with Gasteiger partial charge < -0.3 is 20.5 Å². The molecule has 8 heteroatoms. The third kappa shape index (κ3) is 4.95. The van der Waals surface area contributed by atoms with Crippen LogP contribution < -0.4 is 15.8 Å². The van der Waals surface area contributed by atoms with Crippen LogP contribution in [-0.4, -0.2) is 24.4 Å². The minimum atomic E-state index is -0.650. The van der Waals surface area contributed by atoms with Crippen molar-refractivity contribution in [1.29, 1.82) is 0 Å². The highest BCUT2D eigenvalue weighted by molar-refractivity contribution is 7.14. The van der Waals surface area contributed by atoms with Crippen molar-refractivity contribution in [2.75, 3.05) is 11.9 Å². The molecule has 0 radical (unpaired) electrons. The first-order chi connectivity index (χ1) is 13.5. The second-order valence-electron chi connectivity index (χ2n) is 5.59. The van der Waals surface area contributed by atoms with Crippen molar-refractivity contribution in [1.82, 2.24) is 0 Å². The number of para-hydroxylation sites is 1. The molecule has 0 atom stereocenters. The number of esters is 1. The average Bonchev–Trinajstić information content (AvgIpc) is 3.16. The molecule has 2 amide bonds. The van der Waals surface area contributed by atoms with Gasteiger partial charge in [-0.1, -0.05) is 18.2 Å². The zero-order valence-electron chi connectivity index (χ0n) is 14.6. The number of primary amides is 1. The number of amides is 2. The Hall–Kier alpha value is -3.65. The fourth-order valence-corrected chi connectivity index (χ4v) is 3.07. The van der Waals surface area contributed by atoms with Crippen LogP contribution in [0.3, 0.4) is 0 Å². The van der Waals surface area contributed by atoms with Crippen molar-refractivity contribution in [2.24, 2.45) is 5.73 Å². The van der Waals surface area contributed by atoms with E-state index < -0.39 is 24.4 Å². The van der Waals surface area contributed by atoms with Crippen LogP contribution in [0.25, 0.3) is 0 Å². The fraction of sp³-hybridized carbons (Fsp3) is 0.0500. The van der Waals surface area contributed by atoms with Crippen LogP contribution in [0.5, 0.6) is 11.5 Å². The number of ether oxygens (including phenoxy) is 2. The molecule has 0 saturated heterocycles. The van der Waals surface area contributed by atoms with Crippen molar-refractivity contribution >= 4 is 34.1 Å². The monoisotopic (exact) mass is 396 g/mol. The van der Waals surface area contributed by atoms with E-state index in [1.807, 2.05) is 30.3 Å². The number of thiophene rings is 1. The minimum absolute atomic E-state index is 0.207. The number of nitrogens with one attached hydrogen (secondary N) is 1. The molecule has 0 unspecified atom stereocenters. The number of nitrogens with two attached hydrogens (primary N) is 1. The van der Waals surface area contributed by atoms with Gasteiger partial charge >= 0.3 is 5.97 Å². The summed E-state index contributed by atoms with van der Waals surface area (Å²) in [7, 11) is 0. The lowest BCUT2D eigenvalue weighted by atomic mass is 10.2. The predicted molar refractivity (Wildman–Crippen MR) is 105 cm³/mol. The summed E-state index contributed by atoms with van der Waals surface area (Å²) in [5.41, 5.74) is 5.70. The summed E-state index contributed by atoms with van der Waals surface area (Å²) in [4.78, 5) is 35.2. The Balaban J connectivity index is 1.52. The van der Waals surface area contributed by atoms with Crippen molar-refractivity contribution in [2.45, 2.75) is 0 Å². The molecular formula is C20H16N2O5S. The molecule has 3 rings (SSSR count). The van der Waals surface area contributed by atoms with Crippen LogP contribution in [0.1, 0.15) is 20.7 Å². The van der Waals surface area contributed by atoms with E-state index in [1.165, 1.54) is 6.07 Å². The van der Waals surface area contributed by atoms with Crippen LogP contribution in [-0.2, 0) is 9.53 Å². The molecule has 0 fully saturated rings. The maximum absolute atomic E-state index is 12.1. The molecule has 0 aliphatic heterocycles. The Labute approximate surface area is 164 Å². The largest absolute Gasteiger partial charge is 0.457 e. The lowest BCUT2D eigenvalue weighted by Crippen LogP contribution is -2.22. The van der Waals surface area contributed by atoms with E-state index in [0.717, 1.165) is 11.3 Å². The smallest absolute Gasteiger partial charge is 0.338 e. The third-order valence-corrected chi connectivity index (χ3v) is 4.42. The second kappa shape index (κ2) is 8.83. The number of benzene rings is 2. The van der Waals surface area contributed by atoms with Gasteiger partial charge in [0, 0.05) is 0 Å². The lowest BCUT2D eigenvalue weighted by molar-refractivity contribution is -0.119. The molecule has 2 aromatic carbocycles. The Morgan fingerprint density at radius 2 is 1.61 bits per heavy atom. The van der Waals surface area contributed by atoms with E-state index in [1.54, 1.807) is 29.6 Å². The molecule has 3 N–H and O–H groups in total. The predicted octanol–water partition coefficient (Wildman–Crippen LogP) is 3.43. The lowest BCUT2D eigenvalue weighted by Gasteiger charge is -2.08. The van der Waals surface area contributed by atoms with Crippen LogP contribution in [0.2, 0.25) is 0 Å². The summed E-state index contributed by atoms with van der Waals surface area (Å²) >= 11 is 1.15. The third-order valence-electron chi connectivity index (χ3n) is 3.59. The van der Waals surface area contributed by atoms with E-state index in [-0.39, 0.29) is 11.1 Å². The second-order valence-corrected chi connectivity index (χ2v) is 6.51. The Kier molecular flexibility index (Phi) is 6.03. The number of hydrogen-bond donors (Lipinski definition) is 2. The summed E-state index contributed by atoms with van der Waals surface area (Å²) in [6.45, 7) is -0.489. The highest BCUT2D eigenvalue weighted by Gasteiger charge is 2.15. The van der Waals surface area contributed by atoms with Gasteiger partial charge in [0.15, 0.2) is 6.61 Å². The molecule has 28 heavy (non-hydrogen) atoms. The minimum Gasteiger partial charge on any atom is -0.457 e. The number of hydrogen-bond acceptors (Lipinski definition) is 6. The number of anilines is 1. The van der Waals surface area contributed by atoms with Crippen molar-refractivity contribution in [3.05, 3.63) is 77.2 Å². The Bertz CT molecular complexity index is 983. The first kappa shape index (κ1) is 19.1. The van der Waals surface area contributed by atoms with E-state index >= 15 is 0 Å². The number of rotatable bonds is 7. The summed E-state index contributed by atoms with van der Waals surface area (Å²) in [5.74, 6) is -0.619. The molecule has 0 saturated carbocycles. The van der Waals surface area contributed by atoms with Crippen LogP contribution in [0.4, 0.5) is 5.00 Å². The Morgan fingerprint density at radius 1 is 0.929 bits per heavy atom. The standard InChI is InChI=1S/C20H16N2O5S/c21-18(24)16-10-11-28-19(16)22-17(23)12-26-20(25)13-6-8-15(9-7-13)27-14-4-2-1-3-5-14/h1-11H,12H2,(H2,21,24)(H,22,23). The SMILES string of the molecule is NC(=O)c1ccsc1NC(=O)COC(=O)c1ccc(Oc2ccccc2)cc1. The van der Waals surface area contributed by atoms with Gasteiger partial charge in [0.2, 0.25) is 0 Å². The maximum Gasteiger partial charge on any atom is 0.338 e. The molecule has 0 aliphatic carbocycles. The quantitative estimate of drug-likeness (QED) is 0.595. The average molecular weight is 396 g/mol. The van der Waals surface area contributed by atoms with Crippen molar-refractivity contribution < 1.29 is 23.9 Å². The van der Waals surface area contributed by atoms with Gasteiger partial charge in [0.05, 0.1) is 11.1 Å². The van der Waals surface area contributed by atoms with E-state index in [0.29, 0.717) is 16.5 Å². The summed E-state index contributed by atoms with van der Waals surface area (Å²) in [6, 6.07) is 17.1. The summed E-state index contributed by atoms with van der Waals surface area (Å²) < 4.78 is 10.6. The van der Waals surface area contributed by atoms with Gasteiger partial charge in [-0.15, -0.1) is 11.3 Å². The molecule has 0 aliphatic rings. The maximum atomic E-state index is 12.1. The van der Waals surface area contributed by atoms with E-state index in [4.69, 9.17) is 15.2 Å². The molecule has 7 nitrogen and oxygen atoms in total. The van der Waals surface area contributed by atoms with E-state index in [9.17, 15) is 14.4 Å². The molecular weight excluding hydrogens is 380 g/mol. The van der Waals surface area contributed by atoms with Gasteiger partial charge in [0.1, 0.15) is 16.5 Å². The summed E-state index contributed by atoms with van der Waals surface area (Å²) in [6.07, 6.45) is 0. The van der Waals surface area contributed by atoms with E-state index in [2.05, 4.69) is 5.32 Å². The summed E-state index contributed by atoms with van der Waals surface area (Å²) in [5, 5.41) is 4.44. The Morgan fingerprint density at radius 3 is 2.29 bits per heavy atom. The molecule has 1 heterocycles.